The second-order valence-corrected chi connectivity index (χ2v) is 9.39. The molecule has 31 heavy (non-hydrogen) atoms. The summed E-state index contributed by atoms with van der Waals surface area (Å²) in [7, 11) is -1.29. The summed E-state index contributed by atoms with van der Waals surface area (Å²) in [6.07, 6.45) is 0.784. The molecule has 6 heteroatoms. The van der Waals surface area contributed by atoms with Gasteiger partial charge in [0.2, 0.25) is 0 Å². The average molecular weight is 449 g/mol. The van der Waals surface area contributed by atoms with Crippen LogP contribution in [-0.4, -0.2) is 15.1 Å². The third-order valence-corrected chi connectivity index (χ3v) is 7.15. The third kappa shape index (κ3) is 5.16. The minimum atomic E-state index is -1.29. The maximum Gasteiger partial charge on any atom is 0.353 e. The van der Waals surface area contributed by atoms with E-state index in [2.05, 4.69) is 0 Å². The zero-order valence-corrected chi connectivity index (χ0v) is 18.2. The average Bonchev–Trinajstić information content (AvgIpc) is 2.81. The van der Waals surface area contributed by atoms with E-state index < -0.39 is 16.4 Å². The minimum Gasteiger partial charge on any atom is -0.506 e. The van der Waals surface area contributed by atoms with E-state index in [1.165, 1.54) is 23.4 Å². The summed E-state index contributed by atoms with van der Waals surface area (Å²) in [5.74, 6) is 0.829. The van der Waals surface area contributed by atoms with E-state index >= 15 is 0 Å². The second-order valence-electron chi connectivity index (χ2n) is 6.80. The first kappa shape index (κ1) is 21.2. The highest BCUT2D eigenvalue weighted by atomic mass is 32.2. The van der Waals surface area contributed by atoms with Crippen molar-refractivity contribution in [3.05, 3.63) is 107 Å². The molecule has 4 aromatic rings. The molecule has 0 aliphatic carbocycles. The van der Waals surface area contributed by atoms with Crippen LogP contribution >= 0.6 is 11.8 Å². The van der Waals surface area contributed by atoms with Crippen LogP contribution < -0.4 is 5.63 Å². The summed E-state index contributed by atoms with van der Waals surface area (Å²) in [6.45, 7) is 0. The van der Waals surface area contributed by atoms with Crippen molar-refractivity contribution in [2.24, 2.45) is 0 Å². The summed E-state index contributed by atoms with van der Waals surface area (Å²) >= 11 is 1.28. The van der Waals surface area contributed by atoms with E-state index in [4.69, 9.17) is 4.42 Å². The first-order valence-corrected chi connectivity index (χ1v) is 11.9. The molecule has 0 saturated carbocycles. The predicted octanol–water partition coefficient (Wildman–Crippen LogP) is 5.51. The van der Waals surface area contributed by atoms with Crippen LogP contribution in [0.4, 0.5) is 0 Å². The van der Waals surface area contributed by atoms with Gasteiger partial charge in [0.15, 0.2) is 0 Å². The Morgan fingerprint density at radius 1 is 0.839 bits per heavy atom. The van der Waals surface area contributed by atoms with Gasteiger partial charge in [0.1, 0.15) is 16.4 Å². The lowest BCUT2D eigenvalue weighted by atomic mass is 10.1. The topological polar surface area (TPSA) is 67.5 Å². The number of aryl methyl sites for hydroxylation is 1. The molecule has 4 rings (SSSR count). The predicted molar refractivity (Wildman–Crippen MR) is 124 cm³/mol. The summed E-state index contributed by atoms with van der Waals surface area (Å²) in [4.78, 5) is 14.0. The molecular weight excluding hydrogens is 428 g/mol. The van der Waals surface area contributed by atoms with Gasteiger partial charge in [-0.3, -0.25) is 0 Å². The van der Waals surface area contributed by atoms with E-state index in [9.17, 15) is 14.1 Å². The Balaban J connectivity index is 1.48. The van der Waals surface area contributed by atoms with Crippen LogP contribution in [0.15, 0.2) is 115 Å². The van der Waals surface area contributed by atoms with Gasteiger partial charge in [-0.1, -0.05) is 60.7 Å². The quantitative estimate of drug-likeness (QED) is 0.377. The van der Waals surface area contributed by atoms with Crippen LogP contribution in [0, 0.1) is 0 Å². The van der Waals surface area contributed by atoms with Gasteiger partial charge in [0.25, 0.3) is 0 Å². The van der Waals surface area contributed by atoms with E-state index in [0.29, 0.717) is 16.2 Å². The van der Waals surface area contributed by atoms with Crippen molar-refractivity contribution in [1.82, 2.24) is 0 Å². The van der Waals surface area contributed by atoms with E-state index in [1.807, 2.05) is 60.7 Å². The van der Waals surface area contributed by atoms with Crippen molar-refractivity contribution >= 4 is 22.6 Å². The lowest BCUT2D eigenvalue weighted by molar-refractivity contribution is 0.430. The largest absolute Gasteiger partial charge is 0.506 e. The fourth-order valence-corrected chi connectivity index (χ4v) is 5.05. The molecule has 1 aromatic heterocycles. The molecule has 3 aromatic carbocycles. The van der Waals surface area contributed by atoms with Crippen LogP contribution in [0.2, 0.25) is 0 Å². The van der Waals surface area contributed by atoms with Crippen molar-refractivity contribution in [3.63, 3.8) is 0 Å². The standard InChI is InChI=1S/C25H20O4S2/c26-22-17-23(29-25(27)24(22)30-16-15-18-7-3-1-4-8-18)19-11-13-21(14-12-19)31(28)20-9-5-2-6-10-20/h1-14,17,26H,15-16H2. The number of thioether (sulfide) groups is 1. The molecule has 1 heterocycles. The van der Waals surface area contributed by atoms with Gasteiger partial charge in [-0.2, -0.15) is 0 Å². The number of aromatic hydroxyl groups is 1. The fraction of sp³-hybridized carbons (Fsp3) is 0.0800. The Kier molecular flexibility index (Phi) is 6.70. The molecule has 156 valence electrons. The first-order valence-electron chi connectivity index (χ1n) is 9.73. The highest BCUT2D eigenvalue weighted by molar-refractivity contribution is 7.99. The molecule has 0 saturated heterocycles. The highest BCUT2D eigenvalue weighted by Crippen LogP contribution is 2.30. The van der Waals surface area contributed by atoms with Crippen molar-refractivity contribution < 1.29 is 13.7 Å². The normalized spacial score (nSPS) is 11.9. The molecule has 1 N–H and O–H groups in total. The van der Waals surface area contributed by atoms with Crippen LogP contribution in [0.3, 0.4) is 0 Å². The Hall–Kier alpha value is -3.09. The number of hydrogen-bond donors (Lipinski definition) is 1. The maximum atomic E-state index is 12.6. The van der Waals surface area contributed by atoms with Crippen molar-refractivity contribution in [2.75, 3.05) is 5.75 Å². The Bertz CT molecular complexity index is 1230. The van der Waals surface area contributed by atoms with Gasteiger partial charge < -0.3 is 9.52 Å². The highest BCUT2D eigenvalue weighted by Gasteiger charge is 2.14. The van der Waals surface area contributed by atoms with Crippen molar-refractivity contribution in [2.45, 2.75) is 21.1 Å². The van der Waals surface area contributed by atoms with E-state index in [0.717, 1.165) is 11.3 Å². The zero-order chi connectivity index (χ0) is 21.6. The monoisotopic (exact) mass is 448 g/mol. The fourth-order valence-electron chi connectivity index (χ4n) is 3.08. The Morgan fingerprint density at radius 2 is 1.45 bits per heavy atom. The number of hydrogen-bond acceptors (Lipinski definition) is 5. The third-order valence-electron chi connectivity index (χ3n) is 4.68. The van der Waals surface area contributed by atoms with E-state index in [-0.39, 0.29) is 16.4 Å². The Morgan fingerprint density at radius 3 is 2.10 bits per heavy atom. The van der Waals surface area contributed by atoms with Gasteiger partial charge >= 0.3 is 5.63 Å². The van der Waals surface area contributed by atoms with Crippen LogP contribution in [-0.2, 0) is 17.2 Å². The first-order chi connectivity index (χ1) is 15.1. The lowest BCUT2D eigenvalue weighted by Gasteiger charge is -2.07. The molecule has 1 atom stereocenters. The van der Waals surface area contributed by atoms with Crippen molar-refractivity contribution in [3.8, 4) is 17.1 Å². The summed E-state index contributed by atoms with van der Waals surface area (Å²) in [5, 5.41) is 10.4. The SMILES string of the molecule is O=c1oc(-c2ccc(S(=O)c3ccccc3)cc2)cc(O)c1SCCc1ccccc1. The molecule has 0 aliphatic heterocycles. The summed E-state index contributed by atoms with van der Waals surface area (Å²) < 4.78 is 18.1. The molecule has 0 aliphatic rings. The molecule has 0 amide bonds. The van der Waals surface area contributed by atoms with Gasteiger partial charge in [0.05, 0.1) is 10.8 Å². The van der Waals surface area contributed by atoms with Gasteiger partial charge in [-0.05, 0) is 36.2 Å². The molecule has 0 bridgehead atoms. The molecule has 0 fully saturated rings. The van der Waals surface area contributed by atoms with Crippen LogP contribution in [0.1, 0.15) is 5.56 Å². The number of benzene rings is 3. The van der Waals surface area contributed by atoms with Gasteiger partial charge in [-0.15, -0.1) is 11.8 Å². The maximum absolute atomic E-state index is 12.6. The molecular formula is C25H20O4S2. The number of rotatable bonds is 7. The van der Waals surface area contributed by atoms with Crippen molar-refractivity contribution in [1.29, 1.82) is 0 Å². The smallest absolute Gasteiger partial charge is 0.353 e. The van der Waals surface area contributed by atoms with Gasteiger partial charge in [-0.25, -0.2) is 9.00 Å². The summed E-state index contributed by atoms with van der Waals surface area (Å²) in [6, 6.07) is 27.5. The van der Waals surface area contributed by atoms with Gasteiger partial charge in [0, 0.05) is 27.2 Å². The molecule has 4 nitrogen and oxygen atoms in total. The van der Waals surface area contributed by atoms with Crippen LogP contribution in [0.5, 0.6) is 5.75 Å². The molecule has 0 radical (unpaired) electrons. The van der Waals surface area contributed by atoms with Crippen LogP contribution in [0.25, 0.3) is 11.3 Å². The second kappa shape index (κ2) is 9.81. The lowest BCUT2D eigenvalue weighted by Crippen LogP contribution is -2.04. The Labute approximate surface area is 187 Å². The molecule has 0 spiro atoms. The molecule has 1 unspecified atom stereocenters. The summed E-state index contributed by atoms with van der Waals surface area (Å²) in [5.41, 5.74) is 1.23. The van der Waals surface area contributed by atoms with E-state index in [1.54, 1.807) is 24.3 Å². The zero-order valence-electron chi connectivity index (χ0n) is 16.6. The minimum absolute atomic E-state index is 0.0961.